The molecule has 6 nitrogen and oxygen atoms in total. The number of carbonyl (C=O) groups is 2. The summed E-state index contributed by atoms with van der Waals surface area (Å²) in [7, 11) is 1.33. The van der Waals surface area contributed by atoms with Crippen LogP contribution in [0, 0.1) is 5.41 Å². The van der Waals surface area contributed by atoms with Gasteiger partial charge in [-0.25, -0.2) is 4.79 Å². The first-order valence-corrected chi connectivity index (χ1v) is 9.70. The first-order valence-electron chi connectivity index (χ1n) is 8.07. The highest BCUT2D eigenvalue weighted by Crippen LogP contribution is 2.43. The number of amides is 1. The highest BCUT2D eigenvalue weighted by Gasteiger charge is 2.62. The Labute approximate surface area is 163 Å². The lowest BCUT2D eigenvalue weighted by Crippen LogP contribution is -2.72. The Morgan fingerprint density at radius 3 is 2.42 bits per heavy atom. The first-order chi connectivity index (χ1) is 12.3. The van der Waals surface area contributed by atoms with Gasteiger partial charge in [-0.15, -0.1) is 0 Å². The average Bonchev–Trinajstić information content (AvgIpc) is 2.61. The molecule has 0 aliphatic carbocycles. The number of methoxy groups -OCH3 is 1. The number of esters is 1. The van der Waals surface area contributed by atoms with Gasteiger partial charge in [-0.1, -0.05) is 42.1 Å². The average molecular weight is 398 g/mol. The van der Waals surface area contributed by atoms with Crippen molar-refractivity contribution in [3.63, 3.8) is 0 Å². The Kier molecular flexibility index (Phi) is 6.52. The number of thioether (sulfide) groups is 1. The second-order valence-electron chi connectivity index (χ2n) is 6.56. The van der Waals surface area contributed by atoms with Crippen molar-refractivity contribution in [3.05, 3.63) is 35.9 Å². The van der Waals surface area contributed by atoms with Gasteiger partial charge in [0.1, 0.15) is 12.0 Å². The van der Waals surface area contributed by atoms with Gasteiger partial charge in [-0.05, 0) is 37.9 Å². The molecule has 1 aromatic rings. The largest absolute Gasteiger partial charge is 0.468 e. The van der Waals surface area contributed by atoms with E-state index in [2.05, 4.69) is 0 Å². The molecule has 8 heteroatoms. The summed E-state index contributed by atoms with van der Waals surface area (Å²) in [5.41, 5.74) is -1.01. The molecule has 1 aliphatic heterocycles. The number of hydrogen-bond donors (Lipinski definition) is 0. The van der Waals surface area contributed by atoms with Crippen molar-refractivity contribution < 1.29 is 23.8 Å². The minimum atomic E-state index is -0.974. The molecule has 1 aromatic carbocycles. The van der Waals surface area contributed by atoms with Crippen LogP contribution < -0.4 is 0 Å². The molecule has 0 radical (unpaired) electrons. The molecule has 26 heavy (non-hydrogen) atoms. The van der Waals surface area contributed by atoms with Crippen LogP contribution in [0.1, 0.15) is 19.4 Å². The molecule has 0 saturated carbocycles. The van der Waals surface area contributed by atoms with Crippen LogP contribution in [0.4, 0.5) is 4.79 Å². The molecular weight excluding hydrogens is 374 g/mol. The highest BCUT2D eigenvalue weighted by molar-refractivity contribution is 8.22. The lowest BCUT2D eigenvalue weighted by molar-refractivity contribution is -0.185. The molecule has 0 bridgehead atoms. The molecule has 0 N–H and O–H groups in total. The monoisotopic (exact) mass is 397 g/mol. The minimum Gasteiger partial charge on any atom is -0.468 e. The summed E-state index contributed by atoms with van der Waals surface area (Å²) in [6.45, 7) is 4.04. The van der Waals surface area contributed by atoms with Crippen molar-refractivity contribution in [2.75, 3.05) is 26.5 Å². The van der Waals surface area contributed by atoms with E-state index in [-0.39, 0.29) is 19.7 Å². The van der Waals surface area contributed by atoms with Gasteiger partial charge in [0.2, 0.25) is 4.38 Å². The van der Waals surface area contributed by atoms with Gasteiger partial charge in [-0.3, -0.25) is 9.69 Å². The molecule has 2 rings (SSSR count). The molecule has 1 heterocycles. The van der Waals surface area contributed by atoms with Crippen molar-refractivity contribution in [1.29, 1.82) is 0 Å². The van der Waals surface area contributed by atoms with Crippen molar-refractivity contribution in [2.24, 2.45) is 5.41 Å². The number of nitrogens with zero attached hydrogens (tertiary/aromatic N) is 1. The Bertz CT molecular complexity index is 671. The zero-order valence-corrected chi connectivity index (χ0v) is 16.9. The van der Waals surface area contributed by atoms with Crippen molar-refractivity contribution in [2.45, 2.75) is 26.1 Å². The second-order valence-corrected chi connectivity index (χ2v) is 7.97. The van der Waals surface area contributed by atoms with Crippen molar-refractivity contribution in [1.82, 2.24) is 4.90 Å². The lowest BCUT2D eigenvalue weighted by Gasteiger charge is -2.54. The smallest absolute Gasteiger partial charge is 0.410 e. The zero-order valence-electron chi connectivity index (χ0n) is 15.3. The maximum atomic E-state index is 12.3. The van der Waals surface area contributed by atoms with Crippen LogP contribution in [-0.2, 0) is 25.6 Å². The molecule has 1 fully saturated rings. The fraction of sp³-hybridized carbons (Fsp3) is 0.500. The van der Waals surface area contributed by atoms with E-state index in [1.54, 1.807) is 20.1 Å². The standard InChI is InChI=1S/C18H23NO5S2/c1-17(2,14(20)22-3)18(24-16(25)26-4)11-19(12-18)15(21)23-10-13-8-6-5-7-9-13/h5-9H,10-12H2,1-4H3. The highest BCUT2D eigenvalue weighted by atomic mass is 32.2. The van der Waals surface area contributed by atoms with Crippen molar-refractivity contribution in [3.8, 4) is 0 Å². The normalized spacial score (nSPS) is 15.6. The van der Waals surface area contributed by atoms with Gasteiger partial charge in [0.25, 0.3) is 0 Å². The van der Waals surface area contributed by atoms with Crippen LogP contribution in [0.15, 0.2) is 30.3 Å². The Hall–Kier alpha value is -1.80. The molecule has 1 aliphatic rings. The van der Waals surface area contributed by atoms with Crippen LogP contribution in [0.25, 0.3) is 0 Å². The van der Waals surface area contributed by atoms with E-state index < -0.39 is 23.1 Å². The SMILES string of the molecule is COC(=O)C(C)(C)C1(OC(=S)SC)CN(C(=O)OCc2ccccc2)C1. The number of likely N-dealkylation sites (tertiary alicyclic amines) is 1. The topological polar surface area (TPSA) is 65.1 Å². The maximum Gasteiger partial charge on any atom is 0.410 e. The van der Waals surface area contributed by atoms with Crippen LogP contribution in [-0.4, -0.2) is 53.4 Å². The second kappa shape index (κ2) is 8.26. The lowest BCUT2D eigenvalue weighted by atomic mass is 9.70. The Balaban J connectivity index is 2.04. The predicted molar refractivity (Wildman–Crippen MR) is 104 cm³/mol. The van der Waals surface area contributed by atoms with E-state index in [9.17, 15) is 9.59 Å². The minimum absolute atomic E-state index is 0.188. The van der Waals surface area contributed by atoms with E-state index in [0.29, 0.717) is 4.38 Å². The van der Waals surface area contributed by atoms with Gasteiger partial charge >= 0.3 is 12.1 Å². The first kappa shape index (κ1) is 20.5. The summed E-state index contributed by atoms with van der Waals surface area (Å²) in [4.78, 5) is 26.0. The maximum absolute atomic E-state index is 12.3. The number of carbonyl (C=O) groups excluding carboxylic acids is 2. The molecule has 142 valence electrons. The van der Waals surface area contributed by atoms with Gasteiger partial charge in [-0.2, -0.15) is 0 Å². The quantitative estimate of drug-likeness (QED) is 0.558. The van der Waals surface area contributed by atoms with Crippen LogP contribution in [0.3, 0.4) is 0 Å². The van der Waals surface area contributed by atoms with Crippen LogP contribution in [0.2, 0.25) is 0 Å². The summed E-state index contributed by atoms with van der Waals surface area (Å²) >= 11 is 6.44. The number of ether oxygens (including phenoxy) is 3. The Morgan fingerprint density at radius 2 is 1.88 bits per heavy atom. The molecule has 1 saturated heterocycles. The van der Waals surface area contributed by atoms with Crippen molar-refractivity contribution >= 4 is 40.4 Å². The molecule has 0 aromatic heterocycles. The van der Waals surface area contributed by atoms with Gasteiger partial charge in [0, 0.05) is 0 Å². The summed E-state index contributed by atoms with van der Waals surface area (Å²) in [5, 5.41) is 0. The Morgan fingerprint density at radius 1 is 1.27 bits per heavy atom. The summed E-state index contributed by atoms with van der Waals surface area (Å²) in [6, 6.07) is 9.43. The number of benzene rings is 1. The summed E-state index contributed by atoms with van der Waals surface area (Å²) < 4.78 is 16.5. The van der Waals surface area contributed by atoms with E-state index in [4.69, 9.17) is 26.4 Å². The van der Waals surface area contributed by atoms with E-state index in [1.807, 2.05) is 30.3 Å². The molecule has 0 atom stereocenters. The van der Waals surface area contributed by atoms with E-state index in [1.165, 1.54) is 23.8 Å². The summed E-state index contributed by atoms with van der Waals surface area (Å²) in [5.74, 6) is -0.418. The van der Waals surface area contributed by atoms with E-state index in [0.717, 1.165) is 5.56 Å². The van der Waals surface area contributed by atoms with Crippen LogP contribution in [0.5, 0.6) is 0 Å². The molecular formula is C18H23NO5S2. The summed E-state index contributed by atoms with van der Waals surface area (Å²) in [6.07, 6.45) is 1.34. The molecule has 0 spiro atoms. The fourth-order valence-electron chi connectivity index (χ4n) is 2.74. The number of hydrogen-bond acceptors (Lipinski definition) is 7. The third-order valence-corrected chi connectivity index (χ3v) is 5.64. The third-order valence-electron chi connectivity index (χ3n) is 4.64. The van der Waals surface area contributed by atoms with Gasteiger partial charge in [0.05, 0.1) is 20.2 Å². The van der Waals surface area contributed by atoms with Gasteiger partial charge in [0.15, 0.2) is 5.60 Å². The predicted octanol–water partition coefficient (Wildman–Crippen LogP) is 3.24. The molecule has 1 amide bonds. The van der Waals surface area contributed by atoms with Crippen LogP contribution >= 0.6 is 24.0 Å². The fourth-order valence-corrected chi connectivity index (χ4v) is 3.14. The zero-order chi connectivity index (χ0) is 19.4. The number of rotatable bonds is 5. The van der Waals surface area contributed by atoms with E-state index >= 15 is 0 Å². The van der Waals surface area contributed by atoms with Gasteiger partial charge < -0.3 is 14.2 Å². The third kappa shape index (κ3) is 4.12. The number of thiocarbonyl (C=S) groups is 1. The molecule has 0 unspecified atom stereocenters.